The number of hydrogen-bond acceptors (Lipinski definition) is 5. The van der Waals surface area contributed by atoms with Gasteiger partial charge in [0.25, 0.3) is 5.91 Å². The molecule has 0 radical (unpaired) electrons. The predicted octanol–water partition coefficient (Wildman–Crippen LogP) is 2.61. The highest BCUT2D eigenvalue weighted by molar-refractivity contribution is 6.05. The van der Waals surface area contributed by atoms with Gasteiger partial charge in [-0.15, -0.1) is 0 Å². The van der Waals surface area contributed by atoms with E-state index in [1.807, 2.05) is 28.8 Å². The van der Waals surface area contributed by atoms with Crippen LogP contribution in [0.1, 0.15) is 12.5 Å². The first-order valence-corrected chi connectivity index (χ1v) is 9.33. The number of ether oxygens (including phenoxy) is 2. The molecule has 8 nitrogen and oxygen atoms in total. The Bertz CT molecular complexity index is 1060. The number of hydrogen-bond donors (Lipinski definition) is 1. The van der Waals surface area contributed by atoms with Crippen molar-refractivity contribution in [1.82, 2.24) is 9.55 Å². The number of para-hydroxylation sites is 2. The third-order valence-electron chi connectivity index (χ3n) is 4.93. The molecule has 0 saturated carbocycles. The van der Waals surface area contributed by atoms with E-state index < -0.39 is 6.04 Å². The third kappa shape index (κ3) is 3.54. The molecule has 1 aliphatic heterocycles. The summed E-state index contributed by atoms with van der Waals surface area (Å²) in [5, 5.41) is 2.85. The lowest BCUT2D eigenvalue weighted by Gasteiger charge is -2.15. The summed E-state index contributed by atoms with van der Waals surface area (Å²) in [5.41, 5.74) is 2.23. The Morgan fingerprint density at radius 2 is 2.00 bits per heavy atom. The minimum absolute atomic E-state index is 0.00682. The van der Waals surface area contributed by atoms with E-state index in [0.29, 0.717) is 30.5 Å². The van der Waals surface area contributed by atoms with Crippen LogP contribution in [0.2, 0.25) is 0 Å². The van der Waals surface area contributed by atoms with Gasteiger partial charge in [-0.2, -0.15) is 0 Å². The monoisotopic (exact) mass is 394 g/mol. The van der Waals surface area contributed by atoms with E-state index in [9.17, 15) is 9.59 Å². The lowest BCUT2D eigenvalue weighted by Crippen LogP contribution is -2.33. The number of carbonyl (C=O) groups is 2. The molecule has 1 atom stereocenters. The number of rotatable bonds is 7. The Morgan fingerprint density at radius 1 is 1.17 bits per heavy atom. The summed E-state index contributed by atoms with van der Waals surface area (Å²) in [6, 6.07) is 14.1. The Hall–Kier alpha value is -3.39. The molecular formula is C21H22N4O4. The second kappa shape index (κ2) is 7.92. The van der Waals surface area contributed by atoms with Crippen LogP contribution in [0.3, 0.4) is 0 Å². The largest absolute Gasteiger partial charge is 0.497 e. The van der Waals surface area contributed by atoms with Gasteiger partial charge in [0, 0.05) is 18.9 Å². The molecule has 2 aromatic carbocycles. The van der Waals surface area contributed by atoms with Crippen molar-refractivity contribution < 1.29 is 19.1 Å². The summed E-state index contributed by atoms with van der Waals surface area (Å²) >= 11 is 0. The molecule has 0 fully saturated rings. The van der Waals surface area contributed by atoms with Crippen LogP contribution in [0.5, 0.6) is 5.75 Å². The zero-order chi connectivity index (χ0) is 20.4. The zero-order valence-electron chi connectivity index (χ0n) is 16.3. The summed E-state index contributed by atoms with van der Waals surface area (Å²) in [5.74, 6) is 0.783. The number of imidazole rings is 1. The molecule has 1 N–H and O–H groups in total. The van der Waals surface area contributed by atoms with E-state index in [1.165, 1.54) is 0 Å². The van der Waals surface area contributed by atoms with Gasteiger partial charge in [0.2, 0.25) is 11.9 Å². The summed E-state index contributed by atoms with van der Waals surface area (Å²) in [4.78, 5) is 32.0. The molecule has 8 heteroatoms. The second-order valence-corrected chi connectivity index (χ2v) is 6.75. The van der Waals surface area contributed by atoms with Gasteiger partial charge in [0.1, 0.15) is 11.8 Å². The molecule has 0 spiro atoms. The topological polar surface area (TPSA) is 85.7 Å². The zero-order valence-corrected chi connectivity index (χ0v) is 16.3. The van der Waals surface area contributed by atoms with Crippen LogP contribution >= 0.6 is 0 Å². The van der Waals surface area contributed by atoms with E-state index in [4.69, 9.17) is 9.47 Å². The van der Waals surface area contributed by atoms with Crippen LogP contribution in [0.15, 0.2) is 48.5 Å². The van der Waals surface area contributed by atoms with E-state index in [1.54, 1.807) is 43.4 Å². The Labute approximate surface area is 168 Å². The smallest absolute Gasteiger partial charge is 0.253 e. The van der Waals surface area contributed by atoms with Gasteiger partial charge in [0.15, 0.2) is 0 Å². The van der Waals surface area contributed by atoms with Crippen LogP contribution in [0.4, 0.5) is 11.6 Å². The lowest BCUT2D eigenvalue weighted by atomic mass is 10.1. The first kappa shape index (κ1) is 18.9. The second-order valence-electron chi connectivity index (χ2n) is 6.75. The summed E-state index contributed by atoms with van der Waals surface area (Å²) in [6.07, 6.45) is 0.00682. The number of aromatic nitrogens is 2. The minimum atomic E-state index is -0.653. The standard InChI is InChI=1S/C21H22N4O4/c1-28-11-10-24-20(27)18(25-17-9-4-3-8-16(17)23-21(24)25)13-19(26)22-14-6-5-7-15(12-14)29-2/h3-9,12,18H,10-11,13H2,1-2H3,(H,22,26)/t18-/m0/s1. The van der Waals surface area contributed by atoms with Crippen LogP contribution in [0.25, 0.3) is 11.0 Å². The molecule has 0 bridgehead atoms. The van der Waals surface area contributed by atoms with E-state index in [0.717, 1.165) is 11.0 Å². The number of nitrogens with zero attached hydrogens (tertiary/aromatic N) is 3. The molecular weight excluding hydrogens is 372 g/mol. The molecule has 3 aromatic rings. The fraction of sp³-hybridized carbons (Fsp3) is 0.286. The fourth-order valence-electron chi connectivity index (χ4n) is 3.58. The van der Waals surface area contributed by atoms with Crippen LogP contribution in [0, 0.1) is 0 Å². The number of fused-ring (bicyclic) bond motifs is 3. The average Bonchev–Trinajstić information content (AvgIpc) is 3.22. The number of nitrogens with one attached hydrogen (secondary N) is 1. The van der Waals surface area contributed by atoms with Gasteiger partial charge in [-0.3, -0.25) is 19.1 Å². The highest BCUT2D eigenvalue weighted by Gasteiger charge is 2.40. The number of methoxy groups -OCH3 is 2. The maximum absolute atomic E-state index is 13.1. The van der Waals surface area contributed by atoms with Gasteiger partial charge in [-0.25, -0.2) is 4.98 Å². The SMILES string of the molecule is COCCN1C(=O)[C@H](CC(=O)Nc2cccc(OC)c2)n2c1nc1ccccc12. The van der Waals surface area contributed by atoms with Gasteiger partial charge >= 0.3 is 0 Å². The van der Waals surface area contributed by atoms with Crippen LogP contribution in [-0.2, 0) is 14.3 Å². The normalized spacial score (nSPS) is 15.6. The third-order valence-corrected chi connectivity index (χ3v) is 4.93. The van der Waals surface area contributed by atoms with Crippen molar-refractivity contribution in [2.75, 3.05) is 37.6 Å². The van der Waals surface area contributed by atoms with Crippen LogP contribution in [-0.4, -0.2) is 48.7 Å². The molecule has 150 valence electrons. The van der Waals surface area contributed by atoms with E-state index in [-0.39, 0.29) is 18.2 Å². The van der Waals surface area contributed by atoms with Crippen molar-refractivity contribution in [1.29, 1.82) is 0 Å². The number of carbonyl (C=O) groups excluding carboxylic acids is 2. The fourth-order valence-corrected chi connectivity index (χ4v) is 3.58. The van der Waals surface area contributed by atoms with Crippen molar-refractivity contribution in [3.63, 3.8) is 0 Å². The first-order valence-electron chi connectivity index (χ1n) is 9.33. The van der Waals surface area contributed by atoms with Crippen LogP contribution < -0.4 is 15.0 Å². The molecule has 0 aliphatic carbocycles. The summed E-state index contributed by atoms with van der Waals surface area (Å²) < 4.78 is 12.2. The lowest BCUT2D eigenvalue weighted by molar-refractivity contribution is -0.124. The maximum atomic E-state index is 13.1. The minimum Gasteiger partial charge on any atom is -0.497 e. The summed E-state index contributed by atoms with van der Waals surface area (Å²) in [7, 11) is 3.15. The highest BCUT2D eigenvalue weighted by atomic mass is 16.5. The maximum Gasteiger partial charge on any atom is 0.253 e. The van der Waals surface area contributed by atoms with Crippen molar-refractivity contribution in [2.24, 2.45) is 0 Å². The molecule has 2 heterocycles. The van der Waals surface area contributed by atoms with Crippen molar-refractivity contribution in [3.8, 4) is 5.75 Å². The summed E-state index contributed by atoms with van der Waals surface area (Å²) in [6.45, 7) is 0.768. The van der Waals surface area contributed by atoms with Gasteiger partial charge in [0.05, 0.1) is 37.7 Å². The number of benzene rings is 2. The molecule has 0 saturated heterocycles. The molecule has 29 heavy (non-hydrogen) atoms. The van der Waals surface area contributed by atoms with Crippen molar-refractivity contribution in [2.45, 2.75) is 12.5 Å². The Morgan fingerprint density at radius 3 is 2.79 bits per heavy atom. The van der Waals surface area contributed by atoms with E-state index in [2.05, 4.69) is 10.3 Å². The van der Waals surface area contributed by atoms with Crippen molar-refractivity contribution in [3.05, 3.63) is 48.5 Å². The first-order chi connectivity index (χ1) is 14.1. The molecule has 1 aliphatic rings. The van der Waals surface area contributed by atoms with Crippen molar-refractivity contribution >= 4 is 34.5 Å². The quantitative estimate of drug-likeness (QED) is 0.666. The molecule has 0 unspecified atom stereocenters. The van der Waals surface area contributed by atoms with E-state index >= 15 is 0 Å². The number of amides is 2. The van der Waals surface area contributed by atoms with Gasteiger partial charge < -0.3 is 14.8 Å². The highest BCUT2D eigenvalue weighted by Crippen LogP contribution is 2.36. The Balaban J connectivity index is 1.61. The predicted molar refractivity (Wildman–Crippen MR) is 109 cm³/mol. The molecule has 4 rings (SSSR count). The Kier molecular flexibility index (Phi) is 5.18. The van der Waals surface area contributed by atoms with Gasteiger partial charge in [-0.05, 0) is 24.3 Å². The van der Waals surface area contributed by atoms with Gasteiger partial charge in [-0.1, -0.05) is 18.2 Å². The molecule has 1 aromatic heterocycles. The average molecular weight is 394 g/mol. The number of anilines is 2. The molecule has 2 amide bonds.